The van der Waals surface area contributed by atoms with Crippen molar-refractivity contribution in [1.29, 1.82) is 0 Å². The van der Waals surface area contributed by atoms with E-state index in [-0.39, 0.29) is 29.6 Å². The number of amides is 3. The van der Waals surface area contributed by atoms with Crippen molar-refractivity contribution in [2.75, 3.05) is 10.2 Å². The first-order valence-corrected chi connectivity index (χ1v) is 10.4. The Kier molecular flexibility index (Phi) is 4.24. The van der Waals surface area contributed by atoms with Gasteiger partial charge in [0.05, 0.1) is 17.5 Å². The number of benzene rings is 2. The van der Waals surface area contributed by atoms with Gasteiger partial charge in [0.15, 0.2) is 0 Å². The summed E-state index contributed by atoms with van der Waals surface area (Å²) in [7, 11) is 0. The van der Waals surface area contributed by atoms with E-state index in [1.807, 2.05) is 13.0 Å². The number of hydrogen-bond acceptors (Lipinski definition) is 3. The van der Waals surface area contributed by atoms with Crippen LogP contribution < -0.4 is 10.2 Å². The summed E-state index contributed by atoms with van der Waals surface area (Å²) < 4.78 is 0. The van der Waals surface area contributed by atoms with Crippen LogP contribution in [0.5, 0.6) is 0 Å². The molecule has 3 aliphatic rings. The topological polar surface area (TPSA) is 66.5 Å². The molecule has 3 fully saturated rings. The fourth-order valence-corrected chi connectivity index (χ4v) is 5.52. The first kappa shape index (κ1) is 18.4. The molecule has 5 nitrogen and oxygen atoms in total. The monoisotopic (exact) mass is 408 g/mol. The van der Waals surface area contributed by atoms with Gasteiger partial charge in [-0.2, -0.15) is 0 Å². The fourth-order valence-electron chi connectivity index (χ4n) is 5.35. The zero-order valence-electron chi connectivity index (χ0n) is 16.0. The second kappa shape index (κ2) is 6.70. The van der Waals surface area contributed by atoms with Crippen molar-refractivity contribution >= 4 is 40.7 Å². The second-order valence-corrected chi connectivity index (χ2v) is 8.79. The Morgan fingerprint density at radius 2 is 1.62 bits per heavy atom. The molecule has 2 saturated carbocycles. The molecule has 1 heterocycles. The van der Waals surface area contributed by atoms with Crippen LogP contribution in [-0.2, 0) is 9.59 Å². The van der Waals surface area contributed by atoms with E-state index < -0.39 is 0 Å². The normalized spacial score (nSPS) is 27.4. The highest BCUT2D eigenvalue weighted by molar-refractivity contribution is 6.31. The van der Waals surface area contributed by atoms with Crippen molar-refractivity contribution in [2.45, 2.75) is 26.2 Å². The zero-order valence-corrected chi connectivity index (χ0v) is 16.8. The molecule has 2 bridgehead atoms. The van der Waals surface area contributed by atoms with Crippen LogP contribution in [0.3, 0.4) is 0 Å². The fraction of sp³-hybridized carbons (Fsp3) is 0.348. The summed E-state index contributed by atoms with van der Waals surface area (Å²) in [4.78, 5) is 39.8. The number of halogens is 1. The van der Waals surface area contributed by atoms with E-state index in [2.05, 4.69) is 5.32 Å². The van der Waals surface area contributed by atoms with Crippen LogP contribution in [0.15, 0.2) is 42.5 Å². The molecule has 5 rings (SSSR count). The van der Waals surface area contributed by atoms with Gasteiger partial charge in [-0.1, -0.05) is 17.7 Å². The molecule has 1 aliphatic heterocycles. The van der Waals surface area contributed by atoms with Gasteiger partial charge in [0, 0.05) is 16.3 Å². The molecule has 0 aromatic heterocycles. The zero-order chi connectivity index (χ0) is 20.3. The molecule has 0 radical (unpaired) electrons. The third kappa shape index (κ3) is 2.87. The molecule has 2 aliphatic carbocycles. The summed E-state index contributed by atoms with van der Waals surface area (Å²) in [6.07, 6.45) is 3.13. The van der Waals surface area contributed by atoms with Gasteiger partial charge in [0.25, 0.3) is 5.91 Å². The minimum atomic E-state index is -0.268. The summed E-state index contributed by atoms with van der Waals surface area (Å²) in [5.41, 5.74) is 2.56. The summed E-state index contributed by atoms with van der Waals surface area (Å²) in [6, 6.07) is 12.0. The second-order valence-electron chi connectivity index (χ2n) is 8.36. The third-order valence-electron chi connectivity index (χ3n) is 6.76. The summed E-state index contributed by atoms with van der Waals surface area (Å²) in [5.74, 6) is 0.0220. The van der Waals surface area contributed by atoms with Gasteiger partial charge in [-0.3, -0.25) is 19.3 Å². The maximum Gasteiger partial charge on any atom is 0.255 e. The van der Waals surface area contributed by atoms with Crippen molar-refractivity contribution in [3.8, 4) is 0 Å². The van der Waals surface area contributed by atoms with Gasteiger partial charge in [-0.15, -0.1) is 0 Å². The molecule has 2 aromatic carbocycles. The lowest BCUT2D eigenvalue weighted by atomic mass is 9.81. The lowest BCUT2D eigenvalue weighted by molar-refractivity contribution is -0.123. The van der Waals surface area contributed by atoms with Gasteiger partial charge >= 0.3 is 0 Å². The van der Waals surface area contributed by atoms with E-state index in [4.69, 9.17) is 11.6 Å². The Hall–Kier alpha value is -2.66. The van der Waals surface area contributed by atoms with Crippen molar-refractivity contribution in [3.63, 3.8) is 0 Å². The van der Waals surface area contributed by atoms with Gasteiger partial charge in [0.1, 0.15) is 0 Å². The van der Waals surface area contributed by atoms with E-state index in [9.17, 15) is 14.4 Å². The average Bonchev–Trinajstić information content (AvgIpc) is 3.39. The minimum Gasteiger partial charge on any atom is -0.322 e. The average molecular weight is 409 g/mol. The predicted octanol–water partition coefficient (Wildman–Crippen LogP) is 4.44. The molecule has 1 N–H and O–H groups in total. The van der Waals surface area contributed by atoms with Gasteiger partial charge in [-0.25, -0.2) is 0 Å². The lowest BCUT2D eigenvalue weighted by Crippen LogP contribution is -2.32. The molecular formula is C23H21ClN2O3. The summed E-state index contributed by atoms with van der Waals surface area (Å²) >= 11 is 6.01. The molecule has 1 saturated heterocycles. The van der Waals surface area contributed by atoms with Gasteiger partial charge < -0.3 is 5.32 Å². The number of carbonyl (C=O) groups is 3. The van der Waals surface area contributed by atoms with E-state index >= 15 is 0 Å². The number of hydrogen-bond donors (Lipinski definition) is 1. The molecule has 3 amide bonds. The molecule has 6 heteroatoms. The Morgan fingerprint density at radius 1 is 1.00 bits per heavy atom. The van der Waals surface area contributed by atoms with E-state index in [0.29, 0.717) is 33.8 Å². The van der Waals surface area contributed by atoms with E-state index in [1.165, 1.54) is 4.90 Å². The Balaban J connectivity index is 1.35. The van der Waals surface area contributed by atoms with E-state index in [1.54, 1.807) is 36.4 Å². The van der Waals surface area contributed by atoms with Crippen LogP contribution in [0, 0.1) is 30.6 Å². The lowest BCUT2D eigenvalue weighted by Gasteiger charge is -2.19. The van der Waals surface area contributed by atoms with Crippen LogP contribution in [0.2, 0.25) is 5.02 Å². The molecule has 4 atom stereocenters. The van der Waals surface area contributed by atoms with Crippen LogP contribution >= 0.6 is 11.6 Å². The standard InChI is InChI=1S/C23H21ClN2O3/c1-12-2-7-16(24)11-18(12)25-21(27)13-5-8-17(9-6-13)26-22(28)19-14-3-4-15(10-14)20(19)23(26)29/h2,5-9,11,14-15,19-20H,3-4,10H2,1H3,(H,25,27)/t14-,15-,19+,20+/m0/s1. The largest absolute Gasteiger partial charge is 0.322 e. The number of fused-ring (bicyclic) bond motifs is 5. The van der Waals surface area contributed by atoms with Crippen LogP contribution in [0.25, 0.3) is 0 Å². The maximum atomic E-state index is 12.9. The van der Waals surface area contributed by atoms with Gasteiger partial charge in [-0.05, 0) is 80.0 Å². The number of nitrogens with one attached hydrogen (secondary N) is 1. The predicted molar refractivity (Wildman–Crippen MR) is 111 cm³/mol. The van der Waals surface area contributed by atoms with Gasteiger partial charge in [0.2, 0.25) is 11.8 Å². The minimum absolute atomic E-state index is 0.0704. The Bertz CT molecular complexity index is 1000. The molecule has 0 spiro atoms. The van der Waals surface area contributed by atoms with Crippen molar-refractivity contribution < 1.29 is 14.4 Å². The SMILES string of the molecule is Cc1ccc(Cl)cc1NC(=O)c1ccc(N2C(=O)[C@@H]3[C@H]4CC[C@@H](C4)[C@H]3C2=O)cc1. The smallest absolute Gasteiger partial charge is 0.255 e. The Labute approximate surface area is 174 Å². The quantitative estimate of drug-likeness (QED) is 0.763. The molecule has 29 heavy (non-hydrogen) atoms. The first-order chi connectivity index (χ1) is 13.9. The van der Waals surface area contributed by atoms with E-state index in [0.717, 1.165) is 24.8 Å². The molecule has 148 valence electrons. The highest BCUT2D eigenvalue weighted by Crippen LogP contribution is 2.56. The van der Waals surface area contributed by atoms with Crippen molar-refractivity contribution in [3.05, 3.63) is 58.6 Å². The highest BCUT2D eigenvalue weighted by atomic mass is 35.5. The highest BCUT2D eigenvalue weighted by Gasteiger charge is 2.61. The van der Waals surface area contributed by atoms with Crippen molar-refractivity contribution in [2.24, 2.45) is 23.7 Å². The number of anilines is 2. The summed E-state index contributed by atoms with van der Waals surface area (Å²) in [6.45, 7) is 1.89. The Morgan fingerprint density at radius 3 is 2.24 bits per heavy atom. The number of imide groups is 1. The van der Waals surface area contributed by atoms with Crippen LogP contribution in [0.4, 0.5) is 11.4 Å². The molecule has 2 aromatic rings. The van der Waals surface area contributed by atoms with Crippen LogP contribution in [-0.4, -0.2) is 17.7 Å². The number of nitrogens with zero attached hydrogens (tertiary/aromatic N) is 1. The number of carbonyl (C=O) groups excluding carboxylic acids is 3. The molecular weight excluding hydrogens is 388 g/mol. The maximum absolute atomic E-state index is 12.9. The number of rotatable bonds is 3. The van der Waals surface area contributed by atoms with Crippen LogP contribution in [0.1, 0.15) is 35.2 Å². The van der Waals surface area contributed by atoms with Crippen molar-refractivity contribution in [1.82, 2.24) is 0 Å². The molecule has 0 unspecified atom stereocenters. The number of aryl methyl sites for hydroxylation is 1. The summed E-state index contributed by atoms with van der Waals surface area (Å²) in [5, 5.41) is 3.40. The first-order valence-electron chi connectivity index (χ1n) is 9.99. The third-order valence-corrected chi connectivity index (χ3v) is 7.00.